The zero-order chi connectivity index (χ0) is 27.4. The molecule has 2 aromatic rings. The lowest BCUT2D eigenvalue weighted by Crippen LogP contribution is -2.46. The van der Waals surface area contributed by atoms with Gasteiger partial charge in [-0.3, -0.25) is 39.5 Å². The van der Waals surface area contributed by atoms with Gasteiger partial charge in [0.25, 0.3) is 16.8 Å². The van der Waals surface area contributed by atoms with E-state index < -0.39 is 32.4 Å². The van der Waals surface area contributed by atoms with E-state index in [4.69, 9.17) is 14.2 Å². The smallest absolute Gasteiger partial charge is 0.318 e. The fourth-order valence-electron chi connectivity index (χ4n) is 3.66. The zero-order valence-corrected chi connectivity index (χ0v) is 20.7. The second-order valence-electron chi connectivity index (χ2n) is 7.94. The lowest BCUT2D eigenvalue weighted by atomic mass is 10.1. The highest BCUT2D eigenvalue weighted by atomic mass is 32.2. The molecular weight excluding hydrogens is 524 g/mol. The first kappa shape index (κ1) is 26.6. The van der Waals surface area contributed by atoms with Crippen molar-refractivity contribution in [3.05, 3.63) is 67.1 Å². The maximum atomic E-state index is 12.8. The van der Waals surface area contributed by atoms with Crippen molar-refractivity contribution in [2.24, 2.45) is 0 Å². The Kier molecular flexibility index (Phi) is 7.87. The van der Waals surface area contributed by atoms with Crippen LogP contribution in [-0.4, -0.2) is 76.7 Å². The summed E-state index contributed by atoms with van der Waals surface area (Å²) >= 11 is 0.695. The summed E-state index contributed by atoms with van der Waals surface area (Å²) < 4.78 is 16.1. The number of carbonyl (C=O) groups excluding carboxylic acids is 3. The second kappa shape index (κ2) is 11.3. The van der Waals surface area contributed by atoms with Crippen LogP contribution in [0.1, 0.15) is 5.56 Å². The molecule has 2 aromatic carbocycles. The van der Waals surface area contributed by atoms with E-state index in [1.807, 2.05) is 0 Å². The number of nitro groups is 2. The monoisotopic (exact) mass is 544 g/mol. The lowest BCUT2D eigenvalue weighted by molar-refractivity contribution is -0.394. The molecule has 2 aliphatic heterocycles. The van der Waals surface area contributed by atoms with Gasteiger partial charge in [-0.2, -0.15) is 0 Å². The number of ether oxygens (including phenoxy) is 3. The molecule has 2 fully saturated rings. The SMILES string of the molecule is COc1cc(/C=C2\SC(=O)N(CC(=O)N3CCOCC3)C2=O)ccc1Oc1ccc([N+](=O)[O-])cc1[N+](=O)[O-]. The lowest BCUT2D eigenvalue weighted by Gasteiger charge is -2.28. The molecule has 0 N–H and O–H groups in total. The Bertz CT molecular complexity index is 1360. The van der Waals surface area contributed by atoms with Gasteiger partial charge in [-0.05, 0) is 41.6 Å². The van der Waals surface area contributed by atoms with Gasteiger partial charge >= 0.3 is 5.69 Å². The normalized spacial score (nSPS) is 16.6. The van der Waals surface area contributed by atoms with Gasteiger partial charge in [-0.15, -0.1) is 0 Å². The Labute approximate surface area is 219 Å². The highest BCUT2D eigenvalue weighted by Crippen LogP contribution is 2.39. The second-order valence-corrected chi connectivity index (χ2v) is 8.93. The van der Waals surface area contributed by atoms with Crippen LogP contribution in [0.15, 0.2) is 41.3 Å². The standard InChI is InChI=1S/C23H20N4O10S/c1-35-19-10-14(2-4-18(19)37-17-5-3-15(26(31)32)12-16(17)27(33)34)11-20-22(29)25(23(30)38-20)13-21(28)24-6-8-36-9-7-24/h2-5,10-12H,6-9,13H2,1H3/b20-11-. The number of non-ortho nitro benzene ring substituents is 1. The number of thioether (sulfide) groups is 1. The summed E-state index contributed by atoms with van der Waals surface area (Å²) in [5, 5.41) is 21.8. The van der Waals surface area contributed by atoms with Gasteiger partial charge in [0.05, 0.1) is 41.1 Å². The van der Waals surface area contributed by atoms with E-state index in [0.29, 0.717) is 43.6 Å². The third-order valence-electron chi connectivity index (χ3n) is 5.59. The summed E-state index contributed by atoms with van der Waals surface area (Å²) in [6.07, 6.45) is 1.45. The Morgan fingerprint density at radius 1 is 1.05 bits per heavy atom. The fraction of sp³-hybridized carbons (Fsp3) is 0.261. The molecule has 0 spiro atoms. The first-order valence-electron chi connectivity index (χ1n) is 11.1. The van der Waals surface area contributed by atoms with Crippen LogP contribution in [0.2, 0.25) is 0 Å². The van der Waals surface area contributed by atoms with Crippen LogP contribution >= 0.6 is 11.8 Å². The van der Waals surface area contributed by atoms with Crippen LogP contribution in [0.5, 0.6) is 17.2 Å². The predicted octanol–water partition coefficient (Wildman–Crippen LogP) is 3.20. The molecule has 38 heavy (non-hydrogen) atoms. The Balaban J connectivity index is 1.52. The maximum absolute atomic E-state index is 12.8. The molecule has 2 aliphatic rings. The highest BCUT2D eigenvalue weighted by Gasteiger charge is 2.37. The van der Waals surface area contributed by atoms with Crippen molar-refractivity contribution in [3.8, 4) is 17.2 Å². The minimum absolute atomic E-state index is 0.0748. The highest BCUT2D eigenvalue weighted by molar-refractivity contribution is 8.18. The van der Waals surface area contributed by atoms with Crippen LogP contribution in [0, 0.1) is 20.2 Å². The molecule has 0 atom stereocenters. The Morgan fingerprint density at radius 3 is 2.42 bits per heavy atom. The van der Waals surface area contributed by atoms with E-state index in [1.165, 1.54) is 36.3 Å². The number of nitrogens with zero attached hydrogens (tertiary/aromatic N) is 4. The molecule has 198 valence electrons. The van der Waals surface area contributed by atoms with E-state index >= 15 is 0 Å². The molecule has 2 heterocycles. The van der Waals surface area contributed by atoms with Crippen LogP contribution in [0.3, 0.4) is 0 Å². The van der Waals surface area contributed by atoms with Gasteiger partial charge in [0.2, 0.25) is 11.7 Å². The van der Waals surface area contributed by atoms with E-state index in [0.717, 1.165) is 23.1 Å². The number of amides is 3. The molecule has 0 radical (unpaired) electrons. The number of benzene rings is 2. The van der Waals surface area contributed by atoms with Crippen LogP contribution in [0.25, 0.3) is 6.08 Å². The van der Waals surface area contributed by atoms with Crippen molar-refractivity contribution in [2.45, 2.75) is 0 Å². The Hall–Kier alpha value is -4.50. The summed E-state index contributed by atoms with van der Waals surface area (Å²) in [6, 6.07) is 7.42. The van der Waals surface area contributed by atoms with Gasteiger partial charge in [0, 0.05) is 19.2 Å². The quantitative estimate of drug-likeness (QED) is 0.271. The van der Waals surface area contributed by atoms with Crippen molar-refractivity contribution in [3.63, 3.8) is 0 Å². The number of methoxy groups -OCH3 is 1. The van der Waals surface area contributed by atoms with Crippen LogP contribution in [0.4, 0.5) is 16.2 Å². The molecule has 0 aliphatic carbocycles. The molecule has 15 heteroatoms. The molecular formula is C23H20N4O10S. The fourth-order valence-corrected chi connectivity index (χ4v) is 4.50. The van der Waals surface area contributed by atoms with Crippen molar-refractivity contribution >= 4 is 46.3 Å². The van der Waals surface area contributed by atoms with Gasteiger partial charge in [-0.25, -0.2) is 0 Å². The van der Waals surface area contributed by atoms with E-state index in [9.17, 15) is 34.6 Å². The predicted molar refractivity (Wildman–Crippen MR) is 133 cm³/mol. The van der Waals surface area contributed by atoms with Crippen molar-refractivity contribution in [1.82, 2.24) is 9.80 Å². The van der Waals surface area contributed by atoms with Crippen LogP contribution in [-0.2, 0) is 14.3 Å². The summed E-state index contributed by atoms with van der Waals surface area (Å²) in [5.74, 6) is -0.973. The number of hydrogen-bond acceptors (Lipinski definition) is 11. The minimum atomic E-state index is -0.802. The number of morpholine rings is 1. The van der Waals surface area contributed by atoms with E-state index in [-0.39, 0.29) is 34.6 Å². The van der Waals surface area contributed by atoms with Crippen LogP contribution < -0.4 is 9.47 Å². The van der Waals surface area contributed by atoms with Gasteiger partial charge in [-0.1, -0.05) is 6.07 Å². The van der Waals surface area contributed by atoms with Gasteiger partial charge < -0.3 is 19.1 Å². The summed E-state index contributed by atoms with van der Waals surface area (Å²) in [5.41, 5.74) is -0.616. The number of rotatable bonds is 8. The molecule has 0 unspecified atom stereocenters. The number of nitro benzene ring substituents is 2. The molecule has 2 saturated heterocycles. The Morgan fingerprint density at radius 2 is 1.76 bits per heavy atom. The van der Waals surface area contributed by atoms with Gasteiger partial charge in [0.1, 0.15) is 6.54 Å². The molecule has 14 nitrogen and oxygen atoms in total. The van der Waals surface area contributed by atoms with Crippen molar-refractivity contribution in [1.29, 1.82) is 0 Å². The molecule has 0 bridgehead atoms. The minimum Gasteiger partial charge on any atom is -0.493 e. The average molecular weight is 544 g/mol. The third-order valence-corrected chi connectivity index (χ3v) is 6.49. The number of carbonyl (C=O) groups is 3. The molecule has 3 amide bonds. The van der Waals surface area contributed by atoms with Crippen molar-refractivity contribution < 1.29 is 38.4 Å². The van der Waals surface area contributed by atoms with E-state index in [2.05, 4.69) is 0 Å². The zero-order valence-electron chi connectivity index (χ0n) is 19.9. The first-order valence-corrected chi connectivity index (χ1v) is 11.9. The maximum Gasteiger partial charge on any atom is 0.318 e. The van der Waals surface area contributed by atoms with Crippen molar-refractivity contribution in [2.75, 3.05) is 40.0 Å². The summed E-state index contributed by atoms with van der Waals surface area (Å²) in [6.45, 7) is 1.20. The first-order chi connectivity index (χ1) is 18.2. The largest absolute Gasteiger partial charge is 0.493 e. The molecule has 4 rings (SSSR count). The summed E-state index contributed by atoms with van der Waals surface area (Å²) in [4.78, 5) is 61.1. The van der Waals surface area contributed by atoms with Gasteiger partial charge in [0.15, 0.2) is 11.5 Å². The topological polar surface area (TPSA) is 172 Å². The number of hydrogen-bond donors (Lipinski definition) is 0. The molecule has 0 saturated carbocycles. The average Bonchev–Trinajstić information content (AvgIpc) is 3.17. The third kappa shape index (κ3) is 5.73. The number of imide groups is 1. The van der Waals surface area contributed by atoms with E-state index in [1.54, 1.807) is 0 Å². The summed E-state index contributed by atoms with van der Waals surface area (Å²) in [7, 11) is 1.33. The molecule has 0 aromatic heterocycles.